The molecule has 1 aromatic carbocycles. The smallest absolute Gasteiger partial charge is 0.231 e. The van der Waals surface area contributed by atoms with Gasteiger partial charge >= 0.3 is 0 Å². The molecule has 1 aliphatic rings. The van der Waals surface area contributed by atoms with Crippen LogP contribution < -0.4 is 16.4 Å². The molecule has 0 radical (unpaired) electrons. The molecule has 0 aromatic heterocycles. The zero-order valence-electron chi connectivity index (χ0n) is 11.8. The SMILES string of the molecule is CC(C)(CN)CCN1C(=O)Cc2cc(CN)ccc21. The summed E-state index contributed by atoms with van der Waals surface area (Å²) in [5.41, 5.74) is 14.7. The molecule has 104 valence electrons. The summed E-state index contributed by atoms with van der Waals surface area (Å²) in [5.74, 6) is 0.178. The van der Waals surface area contributed by atoms with E-state index in [9.17, 15) is 4.79 Å². The molecule has 1 aliphatic heterocycles. The van der Waals surface area contributed by atoms with Crippen LogP contribution in [0.1, 0.15) is 31.4 Å². The van der Waals surface area contributed by atoms with Crippen LogP contribution >= 0.6 is 0 Å². The number of hydrogen-bond donors (Lipinski definition) is 2. The normalized spacial score (nSPS) is 14.9. The Morgan fingerprint density at radius 1 is 1.32 bits per heavy atom. The maximum Gasteiger partial charge on any atom is 0.231 e. The van der Waals surface area contributed by atoms with E-state index in [1.165, 1.54) is 0 Å². The molecule has 0 aliphatic carbocycles. The van der Waals surface area contributed by atoms with Gasteiger partial charge in [-0.3, -0.25) is 4.79 Å². The number of fused-ring (bicyclic) bond motifs is 1. The lowest BCUT2D eigenvalue weighted by Gasteiger charge is -2.26. The topological polar surface area (TPSA) is 72.3 Å². The van der Waals surface area contributed by atoms with E-state index >= 15 is 0 Å². The van der Waals surface area contributed by atoms with Crippen LogP contribution in [0, 0.1) is 5.41 Å². The predicted octanol–water partition coefficient (Wildman–Crippen LogP) is 1.41. The second-order valence-corrected chi connectivity index (χ2v) is 6.01. The first-order valence-electron chi connectivity index (χ1n) is 6.79. The Hall–Kier alpha value is -1.39. The first kappa shape index (κ1) is 14.0. The van der Waals surface area contributed by atoms with Crippen LogP contribution in [0.3, 0.4) is 0 Å². The van der Waals surface area contributed by atoms with Crippen LogP contribution in [0.2, 0.25) is 0 Å². The molecular formula is C15H23N3O. The van der Waals surface area contributed by atoms with Crippen molar-refractivity contribution in [3.8, 4) is 0 Å². The largest absolute Gasteiger partial charge is 0.330 e. The second kappa shape index (κ2) is 5.31. The van der Waals surface area contributed by atoms with E-state index in [2.05, 4.69) is 13.8 Å². The van der Waals surface area contributed by atoms with E-state index < -0.39 is 0 Å². The highest BCUT2D eigenvalue weighted by Crippen LogP contribution is 2.31. The molecule has 0 bridgehead atoms. The average Bonchev–Trinajstić information content (AvgIpc) is 2.71. The van der Waals surface area contributed by atoms with Gasteiger partial charge in [0.1, 0.15) is 0 Å². The fourth-order valence-electron chi connectivity index (χ4n) is 2.33. The molecule has 19 heavy (non-hydrogen) atoms. The van der Waals surface area contributed by atoms with Crippen molar-refractivity contribution in [3.05, 3.63) is 29.3 Å². The fourth-order valence-corrected chi connectivity index (χ4v) is 2.33. The number of carbonyl (C=O) groups is 1. The van der Waals surface area contributed by atoms with E-state index in [0.717, 1.165) is 29.8 Å². The van der Waals surface area contributed by atoms with Gasteiger partial charge < -0.3 is 16.4 Å². The third-order valence-electron chi connectivity index (χ3n) is 3.88. The van der Waals surface area contributed by atoms with Gasteiger partial charge in [0.05, 0.1) is 6.42 Å². The number of benzene rings is 1. The summed E-state index contributed by atoms with van der Waals surface area (Å²) in [5, 5.41) is 0. The minimum Gasteiger partial charge on any atom is -0.330 e. The van der Waals surface area contributed by atoms with Crippen molar-refractivity contribution >= 4 is 11.6 Å². The molecule has 1 aromatic rings. The Morgan fingerprint density at radius 3 is 2.68 bits per heavy atom. The Morgan fingerprint density at radius 2 is 2.05 bits per heavy atom. The van der Waals surface area contributed by atoms with Crippen LogP contribution in [0.15, 0.2) is 18.2 Å². The molecule has 0 fully saturated rings. The molecule has 0 unspecified atom stereocenters. The first-order valence-corrected chi connectivity index (χ1v) is 6.79. The van der Waals surface area contributed by atoms with E-state index in [-0.39, 0.29) is 11.3 Å². The maximum absolute atomic E-state index is 12.1. The summed E-state index contributed by atoms with van der Waals surface area (Å²) < 4.78 is 0. The molecular weight excluding hydrogens is 238 g/mol. The van der Waals surface area contributed by atoms with Gasteiger partial charge in [0.25, 0.3) is 0 Å². The molecule has 1 heterocycles. The van der Waals surface area contributed by atoms with Crippen molar-refractivity contribution in [2.45, 2.75) is 33.2 Å². The Kier molecular flexibility index (Phi) is 3.92. The summed E-state index contributed by atoms with van der Waals surface area (Å²) in [6, 6.07) is 6.05. The van der Waals surface area contributed by atoms with Gasteiger partial charge in [-0.15, -0.1) is 0 Å². The Bertz CT molecular complexity index is 482. The zero-order valence-corrected chi connectivity index (χ0v) is 11.8. The number of carbonyl (C=O) groups excluding carboxylic acids is 1. The highest BCUT2D eigenvalue weighted by Gasteiger charge is 2.28. The van der Waals surface area contributed by atoms with Crippen LogP contribution in [0.25, 0.3) is 0 Å². The number of anilines is 1. The van der Waals surface area contributed by atoms with Gasteiger partial charge in [-0.05, 0) is 35.6 Å². The highest BCUT2D eigenvalue weighted by atomic mass is 16.2. The summed E-state index contributed by atoms with van der Waals surface area (Å²) in [4.78, 5) is 14.0. The van der Waals surface area contributed by atoms with E-state index in [1.54, 1.807) is 0 Å². The van der Waals surface area contributed by atoms with Crippen LogP contribution in [0.4, 0.5) is 5.69 Å². The molecule has 0 saturated carbocycles. The summed E-state index contributed by atoms with van der Waals surface area (Å²) >= 11 is 0. The number of hydrogen-bond acceptors (Lipinski definition) is 3. The molecule has 0 saturated heterocycles. The van der Waals surface area contributed by atoms with Crippen molar-refractivity contribution in [2.75, 3.05) is 18.0 Å². The minimum atomic E-state index is 0.0697. The lowest BCUT2D eigenvalue weighted by atomic mass is 9.89. The number of rotatable bonds is 5. The van der Waals surface area contributed by atoms with Crippen molar-refractivity contribution in [2.24, 2.45) is 16.9 Å². The Balaban J connectivity index is 2.14. The third-order valence-corrected chi connectivity index (χ3v) is 3.88. The fraction of sp³-hybridized carbons (Fsp3) is 0.533. The highest BCUT2D eigenvalue weighted by molar-refractivity contribution is 6.01. The van der Waals surface area contributed by atoms with Gasteiger partial charge in [-0.25, -0.2) is 0 Å². The lowest BCUT2D eigenvalue weighted by molar-refractivity contribution is -0.117. The van der Waals surface area contributed by atoms with Crippen molar-refractivity contribution in [1.82, 2.24) is 0 Å². The summed E-state index contributed by atoms with van der Waals surface area (Å²) in [7, 11) is 0. The molecule has 4 nitrogen and oxygen atoms in total. The van der Waals surface area contributed by atoms with Crippen LogP contribution in [-0.2, 0) is 17.8 Å². The van der Waals surface area contributed by atoms with E-state index in [1.807, 2.05) is 23.1 Å². The molecule has 4 heteroatoms. The molecule has 1 amide bonds. The molecule has 2 rings (SSSR count). The maximum atomic E-state index is 12.1. The number of nitrogens with two attached hydrogens (primary N) is 2. The molecule has 0 atom stereocenters. The van der Waals surface area contributed by atoms with E-state index in [4.69, 9.17) is 11.5 Å². The van der Waals surface area contributed by atoms with Crippen LogP contribution in [0.5, 0.6) is 0 Å². The van der Waals surface area contributed by atoms with Crippen molar-refractivity contribution in [3.63, 3.8) is 0 Å². The van der Waals surface area contributed by atoms with Gasteiger partial charge in [0.15, 0.2) is 0 Å². The molecule has 0 spiro atoms. The lowest BCUT2D eigenvalue weighted by Crippen LogP contribution is -2.33. The quantitative estimate of drug-likeness (QED) is 0.841. The number of amides is 1. The van der Waals surface area contributed by atoms with Crippen molar-refractivity contribution in [1.29, 1.82) is 0 Å². The monoisotopic (exact) mass is 261 g/mol. The van der Waals surface area contributed by atoms with Gasteiger partial charge in [-0.2, -0.15) is 0 Å². The van der Waals surface area contributed by atoms with Crippen LogP contribution in [-0.4, -0.2) is 19.0 Å². The second-order valence-electron chi connectivity index (χ2n) is 6.01. The first-order chi connectivity index (χ1) is 8.96. The van der Waals surface area contributed by atoms with Gasteiger partial charge in [-0.1, -0.05) is 26.0 Å². The van der Waals surface area contributed by atoms with Gasteiger partial charge in [0, 0.05) is 18.8 Å². The minimum absolute atomic E-state index is 0.0697. The predicted molar refractivity (Wildman–Crippen MR) is 77.8 cm³/mol. The zero-order chi connectivity index (χ0) is 14.0. The average molecular weight is 261 g/mol. The van der Waals surface area contributed by atoms with E-state index in [0.29, 0.717) is 19.5 Å². The summed E-state index contributed by atoms with van der Waals surface area (Å²) in [6.45, 7) is 6.14. The van der Waals surface area contributed by atoms with Crippen molar-refractivity contribution < 1.29 is 4.79 Å². The number of nitrogens with zero attached hydrogens (tertiary/aromatic N) is 1. The standard InChI is InChI=1S/C15H23N3O/c1-15(2,10-17)5-6-18-13-4-3-11(9-16)7-12(13)8-14(18)19/h3-4,7H,5-6,8-10,16-17H2,1-2H3. The Labute approximate surface area is 114 Å². The summed E-state index contributed by atoms with van der Waals surface area (Å²) in [6.07, 6.45) is 1.40. The van der Waals surface area contributed by atoms with Gasteiger partial charge in [0.2, 0.25) is 5.91 Å². The molecule has 4 N–H and O–H groups in total. The third kappa shape index (κ3) is 2.96.